The molecule has 6 nitrogen and oxygen atoms in total. The average Bonchev–Trinajstić information content (AvgIpc) is 2.62. The molecule has 25 heavy (non-hydrogen) atoms. The van der Waals surface area contributed by atoms with Crippen LogP contribution in [-0.2, 0) is 10.9 Å². The summed E-state index contributed by atoms with van der Waals surface area (Å²) >= 11 is 0. The molecule has 2 heterocycles. The molecular formula is C16H15F3N4O2. The van der Waals surface area contributed by atoms with Gasteiger partial charge in [0.1, 0.15) is 18.0 Å². The van der Waals surface area contributed by atoms with Crippen molar-refractivity contribution in [3.05, 3.63) is 47.8 Å². The quantitative estimate of drug-likeness (QED) is 0.920. The number of rotatable bonds is 3. The molecule has 0 spiro atoms. The number of carbonyl (C=O) groups excluding carboxylic acids is 1. The fraction of sp³-hybridized carbons (Fsp3) is 0.312. The maximum atomic E-state index is 12.6. The van der Waals surface area contributed by atoms with Gasteiger partial charge in [-0.2, -0.15) is 13.2 Å². The standard InChI is InChI=1S/C16H15F3N4O2/c17-16(18,19)12-3-1-11(2-4-12)15(24)22-13-9-14(21-10-20-13)23-5-7-25-8-6-23/h1-4,9-10H,5-8H2,(H,20,21,22,24). The highest BCUT2D eigenvalue weighted by Crippen LogP contribution is 2.29. The molecule has 0 unspecified atom stereocenters. The summed E-state index contributed by atoms with van der Waals surface area (Å²) in [6.45, 7) is 2.56. The van der Waals surface area contributed by atoms with E-state index in [0.29, 0.717) is 32.1 Å². The molecule has 1 aliphatic heterocycles. The molecule has 3 rings (SSSR count). The van der Waals surface area contributed by atoms with Crippen LogP contribution in [0.3, 0.4) is 0 Å². The van der Waals surface area contributed by atoms with Gasteiger partial charge in [0.15, 0.2) is 0 Å². The van der Waals surface area contributed by atoms with Crippen LogP contribution < -0.4 is 10.2 Å². The number of hydrogen-bond donors (Lipinski definition) is 1. The Hall–Kier alpha value is -2.68. The molecule has 0 aliphatic carbocycles. The van der Waals surface area contributed by atoms with Crippen LogP contribution in [0.2, 0.25) is 0 Å². The van der Waals surface area contributed by atoms with E-state index in [9.17, 15) is 18.0 Å². The molecule has 0 saturated carbocycles. The number of nitrogens with zero attached hydrogens (tertiary/aromatic N) is 3. The van der Waals surface area contributed by atoms with Crippen LogP contribution in [0.15, 0.2) is 36.7 Å². The average molecular weight is 352 g/mol. The molecule has 1 saturated heterocycles. The number of benzene rings is 1. The van der Waals surface area contributed by atoms with Crippen LogP contribution in [0.5, 0.6) is 0 Å². The number of halogens is 3. The van der Waals surface area contributed by atoms with Gasteiger partial charge in [-0.3, -0.25) is 4.79 Å². The maximum Gasteiger partial charge on any atom is 0.416 e. The normalized spacial score (nSPS) is 15.1. The van der Waals surface area contributed by atoms with Crippen molar-refractivity contribution in [2.75, 3.05) is 36.5 Å². The third-order valence-electron chi connectivity index (χ3n) is 3.70. The zero-order chi connectivity index (χ0) is 17.9. The summed E-state index contributed by atoms with van der Waals surface area (Å²) in [5, 5.41) is 2.57. The van der Waals surface area contributed by atoms with E-state index in [4.69, 9.17) is 4.74 Å². The van der Waals surface area contributed by atoms with Gasteiger partial charge in [-0.1, -0.05) is 0 Å². The highest BCUT2D eigenvalue weighted by molar-refractivity contribution is 6.03. The predicted molar refractivity (Wildman–Crippen MR) is 84.5 cm³/mol. The zero-order valence-corrected chi connectivity index (χ0v) is 13.1. The lowest BCUT2D eigenvalue weighted by Gasteiger charge is -2.27. The second-order valence-electron chi connectivity index (χ2n) is 5.39. The molecule has 2 aromatic rings. The first-order valence-corrected chi connectivity index (χ1v) is 7.57. The van der Waals surface area contributed by atoms with Crippen LogP contribution in [-0.4, -0.2) is 42.2 Å². The minimum Gasteiger partial charge on any atom is -0.378 e. The van der Waals surface area contributed by atoms with Gasteiger partial charge in [-0.15, -0.1) is 0 Å². The minimum absolute atomic E-state index is 0.111. The molecule has 1 aromatic heterocycles. The van der Waals surface area contributed by atoms with Crippen LogP contribution in [0.25, 0.3) is 0 Å². The number of morpholine rings is 1. The van der Waals surface area contributed by atoms with E-state index in [1.807, 2.05) is 4.90 Å². The molecule has 0 atom stereocenters. The summed E-state index contributed by atoms with van der Waals surface area (Å²) in [6.07, 6.45) is -3.11. The number of aromatic nitrogens is 2. The molecule has 0 bridgehead atoms. The zero-order valence-electron chi connectivity index (χ0n) is 13.1. The summed E-state index contributed by atoms with van der Waals surface area (Å²) in [6, 6.07) is 5.61. The molecule has 1 aromatic carbocycles. The molecule has 9 heteroatoms. The Bertz CT molecular complexity index is 744. The van der Waals surface area contributed by atoms with Crippen molar-refractivity contribution in [3.8, 4) is 0 Å². The third-order valence-corrected chi connectivity index (χ3v) is 3.70. The second kappa shape index (κ2) is 7.06. The number of anilines is 2. The smallest absolute Gasteiger partial charge is 0.378 e. The third kappa shape index (κ3) is 4.24. The van der Waals surface area contributed by atoms with Gasteiger partial charge in [0.05, 0.1) is 18.8 Å². The maximum absolute atomic E-state index is 12.6. The molecule has 1 amide bonds. The van der Waals surface area contributed by atoms with Crippen LogP contribution >= 0.6 is 0 Å². The fourth-order valence-corrected chi connectivity index (χ4v) is 2.38. The fourth-order valence-electron chi connectivity index (χ4n) is 2.38. The van der Waals surface area contributed by atoms with Crippen LogP contribution in [0, 0.1) is 0 Å². The number of carbonyl (C=O) groups is 1. The van der Waals surface area contributed by atoms with Gasteiger partial charge in [0.25, 0.3) is 5.91 Å². The van der Waals surface area contributed by atoms with Crippen LogP contribution in [0.1, 0.15) is 15.9 Å². The minimum atomic E-state index is -4.44. The van der Waals surface area contributed by atoms with Crippen molar-refractivity contribution in [3.63, 3.8) is 0 Å². The van der Waals surface area contributed by atoms with Crippen molar-refractivity contribution >= 4 is 17.5 Å². The molecule has 1 N–H and O–H groups in total. The molecule has 0 radical (unpaired) electrons. The summed E-state index contributed by atoms with van der Waals surface area (Å²) in [7, 11) is 0. The molecule has 1 fully saturated rings. The van der Waals surface area contributed by atoms with E-state index in [-0.39, 0.29) is 11.4 Å². The summed E-state index contributed by atoms with van der Waals surface area (Å²) < 4.78 is 42.9. The van der Waals surface area contributed by atoms with Crippen molar-refractivity contribution in [1.29, 1.82) is 0 Å². The molecule has 1 aliphatic rings. The number of hydrogen-bond acceptors (Lipinski definition) is 5. The van der Waals surface area contributed by atoms with E-state index < -0.39 is 17.6 Å². The second-order valence-corrected chi connectivity index (χ2v) is 5.39. The first-order chi connectivity index (χ1) is 11.9. The summed E-state index contributed by atoms with van der Waals surface area (Å²) in [5.74, 6) is 0.391. The van der Waals surface area contributed by atoms with Gasteiger partial charge in [0.2, 0.25) is 0 Å². The lowest BCUT2D eigenvalue weighted by molar-refractivity contribution is -0.137. The SMILES string of the molecule is O=C(Nc1cc(N2CCOCC2)ncn1)c1ccc(C(F)(F)F)cc1. The Balaban J connectivity index is 1.70. The first-order valence-electron chi connectivity index (χ1n) is 7.57. The van der Waals surface area contributed by atoms with E-state index in [2.05, 4.69) is 15.3 Å². The number of alkyl halides is 3. The molecule has 132 valence electrons. The summed E-state index contributed by atoms with van der Waals surface area (Å²) in [4.78, 5) is 22.3. The number of amides is 1. The van der Waals surface area contributed by atoms with E-state index in [1.54, 1.807) is 6.07 Å². The summed E-state index contributed by atoms with van der Waals surface area (Å²) in [5.41, 5.74) is -0.694. The monoisotopic (exact) mass is 352 g/mol. The topological polar surface area (TPSA) is 67.4 Å². The van der Waals surface area contributed by atoms with Gasteiger partial charge in [-0.25, -0.2) is 9.97 Å². The Morgan fingerprint density at radius 2 is 1.80 bits per heavy atom. The van der Waals surface area contributed by atoms with Crippen molar-refractivity contribution in [1.82, 2.24) is 9.97 Å². The van der Waals surface area contributed by atoms with Gasteiger partial charge < -0.3 is 15.0 Å². The highest BCUT2D eigenvalue weighted by atomic mass is 19.4. The Kier molecular flexibility index (Phi) is 4.84. The van der Waals surface area contributed by atoms with Crippen molar-refractivity contribution < 1.29 is 22.7 Å². The van der Waals surface area contributed by atoms with E-state index in [1.165, 1.54) is 6.33 Å². The highest BCUT2D eigenvalue weighted by Gasteiger charge is 2.30. The first kappa shape index (κ1) is 17.2. The van der Waals surface area contributed by atoms with Gasteiger partial charge in [-0.05, 0) is 24.3 Å². The van der Waals surface area contributed by atoms with Crippen LogP contribution in [0.4, 0.5) is 24.8 Å². The Morgan fingerprint density at radius 1 is 1.12 bits per heavy atom. The van der Waals surface area contributed by atoms with Crippen molar-refractivity contribution in [2.24, 2.45) is 0 Å². The lowest BCUT2D eigenvalue weighted by Crippen LogP contribution is -2.36. The number of nitrogens with one attached hydrogen (secondary N) is 1. The Morgan fingerprint density at radius 3 is 2.44 bits per heavy atom. The van der Waals surface area contributed by atoms with E-state index in [0.717, 1.165) is 24.3 Å². The van der Waals surface area contributed by atoms with Gasteiger partial charge >= 0.3 is 6.18 Å². The molecular weight excluding hydrogens is 337 g/mol. The van der Waals surface area contributed by atoms with E-state index >= 15 is 0 Å². The Labute approximate surface area is 141 Å². The predicted octanol–water partition coefficient (Wildman–Crippen LogP) is 2.58. The van der Waals surface area contributed by atoms with Gasteiger partial charge in [0, 0.05) is 24.7 Å². The number of ether oxygens (including phenoxy) is 1. The largest absolute Gasteiger partial charge is 0.416 e. The van der Waals surface area contributed by atoms with Crippen molar-refractivity contribution in [2.45, 2.75) is 6.18 Å². The lowest BCUT2D eigenvalue weighted by atomic mass is 10.1.